The van der Waals surface area contributed by atoms with Gasteiger partial charge in [0.25, 0.3) is 0 Å². The topological polar surface area (TPSA) is 65.9 Å². The van der Waals surface area contributed by atoms with Crippen LogP contribution in [-0.4, -0.2) is 50.4 Å². The standard InChI is InChI=1S/C22H22FN7S/c23-19-4-2-1-3-18(19)21-26-29(22(31)30(21)17-5-6-17)15-27-9-11-28(12-10-27)20-13-16(14-24)7-8-25-20/h1-4,7-8,13,17H,5-6,9-12,15H2. The molecule has 9 heteroatoms. The predicted molar refractivity (Wildman–Crippen MR) is 117 cm³/mol. The van der Waals surface area contributed by atoms with Gasteiger partial charge in [0.1, 0.15) is 11.6 Å². The van der Waals surface area contributed by atoms with Gasteiger partial charge in [0, 0.05) is 38.4 Å². The van der Waals surface area contributed by atoms with Gasteiger partial charge in [0.15, 0.2) is 10.6 Å². The van der Waals surface area contributed by atoms with Crippen LogP contribution < -0.4 is 4.90 Å². The number of halogens is 1. The van der Waals surface area contributed by atoms with Crippen LogP contribution in [0, 0.1) is 21.9 Å². The van der Waals surface area contributed by atoms with Crippen molar-refractivity contribution in [3.8, 4) is 17.5 Å². The third-order valence-corrected chi connectivity index (χ3v) is 6.21. The quantitative estimate of drug-likeness (QED) is 0.571. The molecule has 2 fully saturated rings. The number of nitriles is 1. The van der Waals surface area contributed by atoms with Crippen LogP contribution in [0.15, 0.2) is 42.6 Å². The second kappa shape index (κ2) is 8.21. The first kappa shape index (κ1) is 19.8. The average molecular weight is 436 g/mol. The molecular formula is C22H22FN7S. The molecule has 31 heavy (non-hydrogen) atoms. The minimum absolute atomic E-state index is 0.280. The maximum absolute atomic E-state index is 14.5. The second-order valence-electron chi connectivity index (χ2n) is 7.95. The lowest BCUT2D eigenvalue weighted by Gasteiger charge is -2.35. The molecular weight excluding hydrogens is 413 g/mol. The van der Waals surface area contributed by atoms with E-state index in [1.807, 2.05) is 21.4 Å². The van der Waals surface area contributed by atoms with E-state index in [1.165, 1.54) is 6.07 Å². The van der Waals surface area contributed by atoms with Gasteiger partial charge in [-0.15, -0.1) is 0 Å². The molecule has 0 N–H and O–H groups in total. The molecule has 0 spiro atoms. The number of benzene rings is 1. The molecule has 1 aliphatic heterocycles. The van der Waals surface area contributed by atoms with Crippen LogP contribution in [-0.2, 0) is 6.67 Å². The smallest absolute Gasteiger partial charge is 0.199 e. The minimum atomic E-state index is -0.280. The van der Waals surface area contributed by atoms with E-state index in [0.29, 0.717) is 34.4 Å². The zero-order valence-electron chi connectivity index (χ0n) is 17.0. The first-order chi connectivity index (χ1) is 15.1. The van der Waals surface area contributed by atoms with E-state index >= 15 is 0 Å². The number of aromatic nitrogens is 4. The third-order valence-electron chi connectivity index (χ3n) is 5.80. The number of hydrogen-bond acceptors (Lipinski definition) is 6. The molecule has 2 aliphatic rings. The Bertz CT molecular complexity index is 1200. The van der Waals surface area contributed by atoms with Crippen LogP contribution in [0.25, 0.3) is 11.4 Å². The molecule has 2 aromatic heterocycles. The van der Waals surface area contributed by atoms with Gasteiger partial charge in [-0.25, -0.2) is 14.1 Å². The summed E-state index contributed by atoms with van der Waals surface area (Å²) in [4.78, 5) is 8.87. The van der Waals surface area contributed by atoms with Crippen molar-refractivity contribution in [2.75, 3.05) is 31.1 Å². The summed E-state index contributed by atoms with van der Waals surface area (Å²) in [7, 11) is 0. The van der Waals surface area contributed by atoms with Crippen LogP contribution in [0.3, 0.4) is 0 Å². The molecule has 0 radical (unpaired) electrons. The predicted octanol–water partition coefficient (Wildman–Crippen LogP) is 3.60. The fourth-order valence-electron chi connectivity index (χ4n) is 3.97. The number of hydrogen-bond donors (Lipinski definition) is 0. The molecule has 1 aliphatic carbocycles. The number of rotatable bonds is 5. The van der Waals surface area contributed by atoms with Crippen LogP contribution in [0.5, 0.6) is 0 Å². The Morgan fingerprint density at radius 1 is 1.13 bits per heavy atom. The maximum Gasteiger partial charge on any atom is 0.199 e. The van der Waals surface area contributed by atoms with Gasteiger partial charge in [-0.3, -0.25) is 9.47 Å². The maximum atomic E-state index is 14.5. The van der Waals surface area contributed by atoms with Crippen molar-refractivity contribution in [2.45, 2.75) is 25.6 Å². The number of anilines is 1. The van der Waals surface area contributed by atoms with E-state index in [4.69, 9.17) is 22.6 Å². The molecule has 7 nitrogen and oxygen atoms in total. The Kier molecular flexibility index (Phi) is 5.26. The van der Waals surface area contributed by atoms with Crippen LogP contribution in [0.1, 0.15) is 24.4 Å². The fourth-order valence-corrected chi connectivity index (χ4v) is 4.30. The average Bonchev–Trinajstić information content (AvgIpc) is 3.59. The van der Waals surface area contributed by atoms with E-state index in [2.05, 4.69) is 20.9 Å². The zero-order chi connectivity index (χ0) is 21.4. The monoisotopic (exact) mass is 435 g/mol. The van der Waals surface area contributed by atoms with Crippen molar-refractivity contribution in [3.63, 3.8) is 0 Å². The van der Waals surface area contributed by atoms with Crippen molar-refractivity contribution >= 4 is 18.0 Å². The first-order valence-electron chi connectivity index (χ1n) is 10.4. The fraction of sp³-hybridized carbons (Fsp3) is 0.364. The van der Waals surface area contributed by atoms with E-state index in [-0.39, 0.29) is 5.82 Å². The molecule has 1 saturated carbocycles. The highest BCUT2D eigenvalue weighted by molar-refractivity contribution is 7.71. The van der Waals surface area contributed by atoms with Crippen LogP contribution >= 0.6 is 12.2 Å². The van der Waals surface area contributed by atoms with Crippen LogP contribution in [0.2, 0.25) is 0 Å². The summed E-state index contributed by atoms with van der Waals surface area (Å²) in [5.41, 5.74) is 1.11. The number of piperazine rings is 1. The summed E-state index contributed by atoms with van der Waals surface area (Å²) in [5, 5.41) is 13.8. The highest BCUT2D eigenvalue weighted by atomic mass is 32.1. The molecule has 158 valence electrons. The SMILES string of the molecule is N#Cc1ccnc(N2CCN(Cn3nc(-c4ccccc4F)n(C4CC4)c3=S)CC2)c1. The van der Waals surface area contributed by atoms with Gasteiger partial charge < -0.3 is 4.90 Å². The van der Waals surface area contributed by atoms with E-state index in [1.54, 1.807) is 24.4 Å². The minimum Gasteiger partial charge on any atom is -0.354 e. The normalized spacial score (nSPS) is 17.0. The molecule has 0 unspecified atom stereocenters. The van der Waals surface area contributed by atoms with Gasteiger partial charge in [-0.05, 0) is 49.3 Å². The molecule has 0 atom stereocenters. The van der Waals surface area contributed by atoms with Crippen molar-refractivity contribution in [1.29, 1.82) is 5.26 Å². The van der Waals surface area contributed by atoms with E-state index < -0.39 is 0 Å². The molecule has 5 rings (SSSR count). The zero-order valence-corrected chi connectivity index (χ0v) is 17.8. The van der Waals surface area contributed by atoms with Gasteiger partial charge in [0.2, 0.25) is 0 Å². The van der Waals surface area contributed by atoms with Crippen molar-refractivity contribution < 1.29 is 4.39 Å². The Morgan fingerprint density at radius 2 is 1.90 bits per heavy atom. The van der Waals surface area contributed by atoms with E-state index in [9.17, 15) is 4.39 Å². The highest BCUT2D eigenvalue weighted by Crippen LogP contribution is 2.39. The second-order valence-corrected chi connectivity index (χ2v) is 8.31. The van der Waals surface area contributed by atoms with Gasteiger partial charge >= 0.3 is 0 Å². The summed E-state index contributed by atoms with van der Waals surface area (Å²) in [5.74, 6) is 1.16. The molecule has 3 heterocycles. The highest BCUT2D eigenvalue weighted by Gasteiger charge is 2.30. The van der Waals surface area contributed by atoms with Crippen molar-refractivity contribution in [2.24, 2.45) is 0 Å². The lowest BCUT2D eigenvalue weighted by atomic mass is 10.2. The summed E-state index contributed by atoms with van der Waals surface area (Å²) in [6, 6.07) is 12.7. The Morgan fingerprint density at radius 3 is 2.61 bits per heavy atom. The van der Waals surface area contributed by atoms with Crippen molar-refractivity contribution in [1.82, 2.24) is 24.2 Å². The van der Waals surface area contributed by atoms with Gasteiger partial charge in [-0.1, -0.05) is 12.1 Å². The lowest BCUT2D eigenvalue weighted by molar-refractivity contribution is 0.194. The Balaban J connectivity index is 1.33. The molecule has 0 bridgehead atoms. The Hall–Kier alpha value is -3.09. The molecule has 1 saturated heterocycles. The largest absolute Gasteiger partial charge is 0.354 e. The summed E-state index contributed by atoms with van der Waals surface area (Å²) in [6.45, 7) is 3.83. The molecule has 1 aromatic carbocycles. The van der Waals surface area contributed by atoms with Gasteiger partial charge in [0.05, 0.1) is 23.9 Å². The summed E-state index contributed by atoms with van der Waals surface area (Å²) < 4.78 is 18.9. The first-order valence-corrected chi connectivity index (χ1v) is 10.8. The van der Waals surface area contributed by atoms with Crippen LogP contribution in [0.4, 0.5) is 10.2 Å². The molecule has 3 aromatic rings. The number of nitrogens with zero attached hydrogens (tertiary/aromatic N) is 7. The lowest BCUT2D eigenvalue weighted by Crippen LogP contribution is -2.47. The van der Waals surface area contributed by atoms with Crippen molar-refractivity contribution in [3.05, 3.63) is 58.7 Å². The third kappa shape index (κ3) is 3.96. The summed E-state index contributed by atoms with van der Waals surface area (Å²) >= 11 is 5.73. The van der Waals surface area contributed by atoms with E-state index in [0.717, 1.165) is 44.8 Å². The number of pyridine rings is 1. The Labute approximate surface area is 185 Å². The molecule has 0 amide bonds. The summed E-state index contributed by atoms with van der Waals surface area (Å²) in [6.07, 6.45) is 3.78. The van der Waals surface area contributed by atoms with Gasteiger partial charge in [-0.2, -0.15) is 10.4 Å².